The van der Waals surface area contributed by atoms with Gasteiger partial charge in [-0.1, -0.05) is 37.3 Å². The predicted molar refractivity (Wildman–Crippen MR) is 100 cm³/mol. The number of tetrazole rings is 1. The van der Waals surface area contributed by atoms with Crippen molar-refractivity contribution < 1.29 is 4.79 Å². The minimum Gasteiger partial charge on any atom is -0.351 e. The molecule has 1 aliphatic heterocycles. The molecule has 2 heterocycles. The quantitative estimate of drug-likeness (QED) is 0.768. The molecule has 1 atom stereocenters. The van der Waals surface area contributed by atoms with Gasteiger partial charge in [0, 0.05) is 25.2 Å². The van der Waals surface area contributed by atoms with Crippen molar-refractivity contribution in [3.8, 4) is 11.4 Å². The summed E-state index contributed by atoms with van der Waals surface area (Å²) in [6.45, 7) is 9.69. The fraction of sp³-hybridized carbons (Fsp3) is 0.474. The molecule has 1 aliphatic rings. The van der Waals surface area contributed by atoms with E-state index in [1.807, 2.05) is 12.1 Å². The maximum Gasteiger partial charge on any atom is 0.243 e. The summed E-state index contributed by atoms with van der Waals surface area (Å²) >= 11 is 0. The number of nitrogens with zero attached hydrogens (tertiary/aromatic N) is 5. The van der Waals surface area contributed by atoms with Gasteiger partial charge in [0.05, 0.1) is 0 Å². The second-order valence-electron chi connectivity index (χ2n) is 6.92. The smallest absolute Gasteiger partial charge is 0.243 e. The summed E-state index contributed by atoms with van der Waals surface area (Å²) in [6.07, 6.45) is 4.25. The van der Waals surface area contributed by atoms with E-state index in [0.29, 0.717) is 12.4 Å². The first kappa shape index (κ1) is 18.3. The van der Waals surface area contributed by atoms with Gasteiger partial charge in [-0.2, -0.15) is 4.80 Å². The van der Waals surface area contributed by atoms with Crippen LogP contribution in [0.5, 0.6) is 0 Å². The molecule has 0 spiro atoms. The van der Waals surface area contributed by atoms with Crippen LogP contribution in [0.15, 0.2) is 36.9 Å². The molecule has 0 bridgehead atoms. The number of carbonyl (C=O) groups excluding carboxylic acids is 1. The average Bonchev–Trinajstić information content (AvgIpc) is 3.09. The Hall–Kier alpha value is -2.54. The summed E-state index contributed by atoms with van der Waals surface area (Å²) in [5.74, 6) is 1.14. The second-order valence-corrected chi connectivity index (χ2v) is 6.92. The molecular weight excluding hydrogens is 328 g/mol. The van der Waals surface area contributed by atoms with Crippen molar-refractivity contribution in [2.45, 2.75) is 32.9 Å². The molecule has 26 heavy (non-hydrogen) atoms. The van der Waals surface area contributed by atoms with Crippen LogP contribution in [0.2, 0.25) is 0 Å². The van der Waals surface area contributed by atoms with Gasteiger partial charge in [0.25, 0.3) is 0 Å². The van der Waals surface area contributed by atoms with E-state index in [1.54, 1.807) is 6.08 Å². The minimum atomic E-state index is -0.167. The number of piperidine rings is 1. The molecule has 1 N–H and O–H groups in total. The molecule has 7 nitrogen and oxygen atoms in total. The van der Waals surface area contributed by atoms with Crippen molar-refractivity contribution in [1.82, 2.24) is 30.4 Å². The zero-order valence-electron chi connectivity index (χ0n) is 15.3. The molecule has 1 unspecified atom stereocenters. The van der Waals surface area contributed by atoms with E-state index in [-0.39, 0.29) is 12.5 Å². The van der Waals surface area contributed by atoms with E-state index in [9.17, 15) is 4.79 Å². The third-order valence-electron chi connectivity index (χ3n) is 4.54. The Balaban J connectivity index is 1.58. The predicted octanol–water partition coefficient (Wildman–Crippen LogP) is 1.87. The molecule has 1 amide bonds. The van der Waals surface area contributed by atoms with Crippen molar-refractivity contribution >= 4 is 5.91 Å². The van der Waals surface area contributed by atoms with E-state index < -0.39 is 0 Å². The van der Waals surface area contributed by atoms with Crippen LogP contribution in [0.25, 0.3) is 11.4 Å². The lowest BCUT2D eigenvalue weighted by atomic mass is 9.99. The summed E-state index contributed by atoms with van der Waals surface area (Å²) in [6, 6.07) is 8.27. The molecule has 138 valence electrons. The Morgan fingerprint density at radius 1 is 1.38 bits per heavy atom. The summed E-state index contributed by atoms with van der Waals surface area (Å²) < 4.78 is 0. The average molecular weight is 354 g/mol. The first-order valence-corrected chi connectivity index (χ1v) is 9.11. The van der Waals surface area contributed by atoms with Crippen LogP contribution in [0.1, 0.15) is 25.3 Å². The van der Waals surface area contributed by atoms with Gasteiger partial charge in [0.1, 0.15) is 6.54 Å². The summed E-state index contributed by atoms with van der Waals surface area (Å²) in [7, 11) is 0. The summed E-state index contributed by atoms with van der Waals surface area (Å²) in [5, 5.41) is 15.0. The van der Waals surface area contributed by atoms with Gasteiger partial charge in [-0.25, -0.2) is 0 Å². The zero-order valence-corrected chi connectivity index (χ0v) is 15.3. The van der Waals surface area contributed by atoms with Crippen LogP contribution in [0.4, 0.5) is 0 Å². The normalized spacial score (nSPS) is 17.8. The van der Waals surface area contributed by atoms with Gasteiger partial charge in [0.2, 0.25) is 11.7 Å². The number of likely N-dealkylation sites (tertiary alicyclic amines) is 1. The maximum atomic E-state index is 11.7. The standard InChI is InChI=1S/C19H26N6O/c1-3-10-20-18(26)14-25-22-19(21-23-25)17-8-6-16(7-9-17)13-24-11-4-5-15(2)12-24/h3,6-9,15H,1,4-5,10-14H2,2H3,(H,20,26). The highest BCUT2D eigenvalue weighted by Gasteiger charge is 2.16. The number of rotatable bonds is 7. The highest BCUT2D eigenvalue weighted by Crippen LogP contribution is 2.19. The van der Waals surface area contributed by atoms with Crippen molar-refractivity contribution in [3.05, 3.63) is 42.5 Å². The lowest BCUT2D eigenvalue weighted by Gasteiger charge is -2.30. The fourth-order valence-corrected chi connectivity index (χ4v) is 3.24. The molecule has 1 saturated heterocycles. The van der Waals surface area contributed by atoms with Crippen LogP contribution in [0, 0.1) is 5.92 Å². The van der Waals surface area contributed by atoms with Gasteiger partial charge in [-0.15, -0.1) is 16.8 Å². The number of hydrogen-bond acceptors (Lipinski definition) is 5. The van der Waals surface area contributed by atoms with Crippen molar-refractivity contribution in [2.24, 2.45) is 5.92 Å². The van der Waals surface area contributed by atoms with Gasteiger partial charge in [-0.05, 0) is 36.1 Å². The summed E-state index contributed by atoms with van der Waals surface area (Å²) in [5.41, 5.74) is 2.19. The lowest BCUT2D eigenvalue weighted by molar-refractivity contribution is -0.121. The number of aromatic nitrogens is 4. The molecule has 0 aliphatic carbocycles. The van der Waals surface area contributed by atoms with Crippen LogP contribution in [0.3, 0.4) is 0 Å². The molecule has 1 aromatic carbocycles. The molecule has 0 radical (unpaired) electrons. The number of nitrogens with one attached hydrogen (secondary N) is 1. The molecular formula is C19H26N6O. The van der Waals surface area contributed by atoms with Gasteiger partial charge >= 0.3 is 0 Å². The maximum absolute atomic E-state index is 11.7. The van der Waals surface area contributed by atoms with Crippen LogP contribution in [-0.2, 0) is 17.9 Å². The number of hydrogen-bond donors (Lipinski definition) is 1. The first-order chi connectivity index (χ1) is 12.6. The summed E-state index contributed by atoms with van der Waals surface area (Å²) in [4.78, 5) is 15.5. The highest BCUT2D eigenvalue weighted by atomic mass is 16.2. The van der Waals surface area contributed by atoms with E-state index in [2.05, 4.69) is 51.3 Å². The van der Waals surface area contributed by atoms with Gasteiger partial charge in [-0.3, -0.25) is 9.69 Å². The Kier molecular flexibility index (Phi) is 6.12. The second kappa shape index (κ2) is 8.71. The Labute approximate surface area is 154 Å². The number of benzene rings is 1. The largest absolute Gasteiger partial charge is 0.351 e. The monoisotopic (exact) mass is 354 g/mol. The SMILES string of the molecule is C=CCNC(=O)Cn1nnc(-c2ccc(CN3CCCC(C)C3)cc2)n1. The van der Waals surface area contributed by atoms with Crippen molar-refractivity contribution in [1.29, 1.82) is 0 Å². The molecule has 0 saturated carbocycles. The Morgan fingerprint density at radius 3 is 2.92 bits per heavy atom. The lowest BCUT2D eigenvalue weighted by Crippen LogP contribution is -2.33. The third kappa shape index (κ3) is 4.98. The topological polar surface area (TPSA) is 75.9 Å². The fourth-order valence-electron chi connectivity index (χ4n) is 3.24. The van der Waals surface area contributed by atoms with Gasteiger partial charge < -0.3 is 5.32 Å². The van der Waals surface area contributed by atoms with Crippen molar-refractivity contribution in [2.75, 3.05) is 19.6 Å². The van der Waals surface area contributed by atoms with Gasteiger partial charge in [0.15, 0.2) is 0 Å². The minimum absolute atomic E-state index is 0.0477. The number of amides is 1. The van der Waals surface area contributed by atoms with E-state index in [4.69, 9.17) is 0 Å². The van der Waals surface area contributed by atoms with E-state index in [0.717, 1.165) is 18.0 Å². The van der Waals surface area contributed by atoms with Crippen LogP contribution < -0.4 is 5.32 Å². The Morgan fingerprint density at radius 2 is 2.19 bits per heavy atom. The van der Waals surface area contributed by atoms with Crippen molar-refractivity contribution in [3.63, 3.8) is 0 Å². The van der Waals surface area contributed by atoms with Crippen LogP contribution >= 0.6 is 0 Å². The zero-order chi connectivity index (χ0) is 18.4. The molecule has 7 heteroatoms. The highest BCUT2D eigenvalue weighted by molar-refractivity contribution is 5.75. The molecule has 1 fully saturated rings. The molecule has 3 rings (SSSR count). The molecule has 2 aromatic rings. The number of carbonyl (C=O) groups is 1. The Bertz CT molecular complexity index is 739. The first-order valence-electron chi connectivity index (χ1n) is 9.11. The third-order valence-corrected chi connectivity index (χ3v) is 4.54. The van der Waals surface area contributed by atoms with E-state index in [1.165, 1.54) is 36.3 Å². The van der Waals surface area contributed by atoms with E-state index >= 15 is 0 Å². The van der Waals surface area contributed by atoms with Crippen LogP contribution in [-0.4, -0.2) is 50.6 Å². The molecule has 1 aromatic heterocycles.